The molecule has 2 amide bonds. The lowest BCUT2D eigenvalue weighted by Gasteiger charge is -2.11. The molecule has 1 unspecified atom stereocenters. The van der Waals surface area contributed by atoms with Gasteiger partial charge in [-0.05, 0) is 38.8 Å². The van der Waals surface area contributed by atoms with Crippen LogP contribution in [0.1, 0.15) is 29.9 Å². The number of nitrogens with one attached hydrogen (secondary N) is 1. The summed E-state index contributed by atoms with van der Waals surface area (Å²) < 4.78 is 11.0. The number of cyclic esters (lactones) is 1. The van der Waals surface area contributed by atoms with Gasteiger partial charge in [0.05, 0.1) is 25.2 Å². The molecule has 2 fully saturated rings. The summed E-state index contributed by atoms with van der Waals surface area (Å²) in [5, 5.41) is 2.83. The van der Waals surface area contributed by atoms with Crippen LogP contribution in [0.4, 0.5) is 4.79 Å². The highest BCUT2D eigenvalue weighted by Crippen LogP contribution is 2.30. The van der Waals surface area contributed by atoms with Crippen LogP contribution in [0.3, 0.4) is 0 Å². The normalized spacial score (nSPS) is 19.3. The van der Waals surface area contributed by atoms with Gasteiger partial charge in [0.15, 0.2) is 0 Å². The fraction of sp³-hybridized carbons (Fsp3) is 0.450. The van der Waals surface area contributed by atoms with E-state index in [4.69, 9.17) is 9.15 Å². The molecule has 0 bridgehead atoms. The van der Waals surface area contributed by atoms with Crippen molar-refractivity contribution in [2.75, 3.05) is 13.1 Å². The molecule has 4 rings (SSSR count). The number of hydrogen-bond donors (Lipinski definition) is 1. The summed E-state index contributed by atoms with van der Waals surface area (Å²) in [5.74, 6) is 0.987. The minimum absolute atomic E-state index is 0.133. The first kappa shape index (κ1) is 17.6. The Morgan fingerprint density at radius 3 is 2.89 bits per heavy atom. The van der Waals surface area contributed by atoms with Crippen molar-refractivity contribution in [3.05, 3.63) is 41.3 Å². The third kappa shape index (κ3) is 3.97. The van der Waals surface area contributed by atoms with Crippen molar-refractivity contribution in [1.82, 2.24) is 15.2 Å². The number of nitrogens with zero attached hydrogens (tertiary/aromatic N) is 2. The van der Waals surface area contributed by atoms with E-state index in [-0.39, 0.29) is 24.5 Å². The van der Waals surface area contributed by atoms with Crippen LogP contribution >= 0.6 is 0 Å². The summed E-state index contributed by atoms with van der Waals surface area (Å²) in [5.41, 5.74) is 2.63. The molecular formula is C20H23N3O4. The van der Waals surface area contributed by atoms with Crippen molar-refractivity contribution in [1.29, 1.82) is 0 Å². The van der Waals surface area contributed by atoms with Crippen LogP contribution in [0.5, 0.6) is 0 Å². The molecule has 1 aromatic carbocycles. The molecule has 1 aliphatic carbocycles. The van der Waals surface area contributed by atoms with Crippen molar-refractivity contribution in [3.8, 4) is 11.5 Å². The predicted molar refractivity (Wildman–Crippen MR) is 98.1 cm³/mol. The smallest absolute Gasteiger partial charge is 0.410 e. The van der Waals surface area contributed by atoms with Crippen molar-refractivity contribution in [2.24, 2.45) is 0 Å². The SMILES string of the molecule is Cc1cccc(-c2nc(CC(=O)NCC3CN(C4CC4)C(=O)O3)c(C)o2)c1. The Hall–Kier alpha value is -2.83. The second-order valence-corrected chi connectivity index (χ2v) is 7.26. The number of aromatic nitrogens is 1. The Bertz CT molecular complexity index is 872. The highest BCUT2D eigenvalue weighted by Gasteiger charge is 2.40. The maximum atomic E-state index is 12.3. The fourth-order valence-corrected chi connectivity index (χ4v) is 3.27. The third-order valence-corrected chi connectivity index (χ3v) is 4.90. The zero-order valence-corrected chi connectivity index (χ0v) is 15.5. The molecule has 1 saturated carbocycles. The molecule has 0 radical (unpaired) electrons. The number of hydrogen-bond acceptors (Lipinski definition) is 5. The van der Waals surface area contributed by atoms with E-state index in [2.05, 4.69) is 10.3 Å². The van der Waals surface area contributed by atoms with Gasteiger partial charge in [-0.3, -0.25) is 4.79 Å². The van der Waals surface area contributed by atoms with Crippen molar-refractivity contribution >= 4 is 12.0 Å². The molecule has 1 N–H and O–H groups in total. The van der Waals surface area contributed by atoms with E-state index in [0.29, 0.717) is 36.5 Å². The highest BCUT2D eigenvalue weighted by molar-refractivity contribution is 5.78. The second-order valence-electron chi connectivity index (χ2n) is 7.26. The van der Waals surface area contributed by atoms with Crippen molar-refractivity contribution < 1.29 is 18.7 Å². The number of carbonyl (C=O) groups is 2. The van der Waals surface area contributed by atoms with E-state index in [0.717, 1.165) is 24.0 Å². The Kier molecular flexibility index (Phi) is 4.59. The molecule has 7 nitrogen and oxygen atoms in total. The van der Waals surface area contributed by atoms with Gasteiger partial charge >= 0.3 is 6.09 Å². The first-order valence-electron chi connectivity index (χ1n) is 9.27. The van der Waals surface area contributed by atoms with E-state index < -0.39 is 0 Å². The van der Waals surface area contributed by atoms with Gasteiger partial charge in [0.1, 0.15) is 11.9 Å². The Labute approximate surface area is 157 Å². The van der Waals surface area contributed by atoms with Gasteiger partial charge in [0, 0.05) is 11.6 Å². The van der Waals surface area contributed by atoms with Gasteiger partial charge in [-0.2, -0.15) is 0 Å². The molecule has 0 spiro atoms. The molecule has 2 heterocycles. The first-order valence-corrected chi connectivity index (χ1v) is 9.27. The maximum absolute atomic E-state index is 12.3. The fourth-order valence-electron chi connectivity index (χ4n) is 3.27. The van der Waals surface area contributed by atoms with Gasteiger partial charge in [0.25, 0.3) is 0 Å². The van der Waals surface area contributed by atoms with E-state index in [9.17, 15) is 9.59 Å². The number of carbonyl (C=O) groups excluding carboxylic acids is 2. The van der Waals surface area contributed by atoms with Crippen LogP contribution in [0.15, 0.2) is 28.7 Å². The van der Waals surface area contributed by atoms with E-state index in [1.807, 2.05) is 31.2 Å². The lowest BCUT2D eigenvalue weighted by molar-refractivity contribution is -0.120. The van der Waals surface area contributed by atoms with Gasteiger partial charge in [-0.1, -0.05) is 17.7 Å². The van der Waals surface area contributed by atoms with Crippen LogP contribution in [0, 0.1) is 13.8 Å². The minimum Gasteiger partial charge on any atom is -0.442 e. The summed E-state index contributed by atoms with van der Waals surface area (Å²) in [4.78, 5) is 30.3. The molecular weight excluding hydrogens is 346 g/mol. The monoisotopic (exact) mass is 369 g/mol. The quantitative estimate of drug-likeness (QED) is 0.846. The Balaban J connectivity index is 1.32. The van der Waals surface area contributed by atoms with Gasteiger partial charge in [0.2, 0.25) is 11.8 Å². The second kappa shape index (κ2) is 7.06. The molecule has 1 aliphatic heterocycles. The van der Waals surface area contributed by atoms with E-state index in [1.165, 1.54) is 0 Å². The van der Waals surface area contributed by atoms with E-state index >= 15 is 0 Å². The minimum atomic E-state index is -0.289. The Morgan fingerprint density at radius 1 is 1.33 bits per heavy atom. The molecule has 7 heteroatoms. The molecule has 1 saturated heterocycles. The molecule has 27 heavy (non-hydrogen) atoms. The van der Waals surface area contributed by atoms with Gasteiger partial charge in [-0.15, -0.1) is 0 Å². The lowest BCUT2D eigenvalue weighted by Crippen LogP contribution is -2.35. The maximum Gasteiger partial charge on any atom is 0.410 e. The van der Waals surface area contributed by atoms with Gasteiger partial charge in [-0.25, -0.2) is 9.78 Å². The number of aryl methyl sites for hydroxylation is 2. The van der Waals surface area contributed by atoms with Crippen LogP contribution in [-0.2, 0) is 16.0 Å². The third-order valence-electron chi connectivity index (χ3n) is 4.90. The van der Waals surface area contributed by atoms with Crippen LogP contribution in [-0.4, -0.2) is 47.1 Å². The van der Waals surface area contributed by atoms with Crippen molar-refractivity contribution in [2.45, 2.75) is 45.3 Å². The van der Waals surface area contributed by atoms with E-state index in [1.54, 1.807) is 11.8 Å². The summed E-state index contributed by atoms with van der Waals surface area (Å²) >= 11 is 0. The zero-order chi connectivity index (χ0) is 19.0. The predicted octanol–water partition coefficient (Wildman–Crippen LogP) is 2.60. The summed E-state index contributed by atoms with van der Waals surface area (Å²) in [7, 11) is 0. The number of ether oxygens (including phenoxy) is 1. The topological polar surface area (TPSA) is 84.7 Å². The summed E-state index contributed by atoms with van der Waals surface area (Å²) in [6.07, 6.45) is 1.66. The zero-order valence-electron chi connectivity index (χ0n) is 15.5. The molecule has 2 aromatic rings. The molecule has 142 valence electrons. The number of rotatable bonds is 6. The standard InChI is InChI=1S/C20H23N3O4/c1-12-4-3-5-14(8-12)19-22-17(13(2)26-19)9-18(24)21-10-16-11-23(15-6-7-15)20(25)27-16/h3-5,8,15-16H,6-7,9-11H2,1-2H3,(H,21,24). The average Bonchev–Trinajstić information content (AvgIpc) is 3.32. The number of benzene rings is 1. The van der Waals surface area contributed by atoms with Gasteiger partial charge < -0.3 is 19.4 Å². The number of oxazole rings is 1. The lowest BCUT2D eigenvalue weighted by atomic mass is 10.1. The van der Waals surface area contributed by atoms with Crippen LogP contribution in [0.2, 0.25) is 0 Å². The molecule has 2 aliphatic rings. The summed E-state index contributed by atoms with van der Waals surface area (Å²) in [6, 6.07) is 8.21. The van der Waals surface area contributed by atoms with Crippen LogP contribution in [0.25, 0.3) is 11.5 Å². The number of amides is 2. The average molecular weight is 369 g/mol. The molecule has 1 atom stereocenters. The van der Waals surface area contributed by atoms with Crippen LogP contribution < -0.4 is 5.32 Å². The molecule has 1 aromatic heterocycles. The highest BCUT2D eigenvalue weighted by atomic mass is 16.6. The summed E-state index contributed by atoms with van der Waals surface area (Å²) in [6.45, 7) is 4.68. The van der Waals surface area contributed by atoms with Crippen molar-refractivity contribution in [3.63, 3.8) is 0 Å². The first-order chi connectivity index (χ1) is 13.0. The largest absolute Gasteiger partial charge is 0.442 e. The Morgan fingerprint density at radius 2 is 2.15 bits per heavy atom.